The van der Waals surface area contributed by atoms with Gasteiger partial charge in [0.1, 0.15) is 0 Å². The van der Waals surface area contributed by atoms with E-state index in [1.807, 2.05) is 0 Å². The topological polar surface area (TPSA) is 23.5 Å². The maximum atomic E-state index is 9.90. The van der Waals surface area contributed by atoms with Crippen LogP contribution in [0.3, 0.4) is 0 Å². The molecule has 82 valence electrons. The van der Waals surface area contributed by atoms with Gasteiger partial charge in [-0.15, -0.1) is 0 Å². The van der Waals surface area contributed by atoms with Crippen LogP contribution in [-0.2, 0) is 0 Å². The van der Waals surface area contributed by atoms with E-state index in [9.17, 15) is 5.11 Å². The van der Waals surface area contributed by atoms with Gasteiger partial charge in [-0.05, 0) is 38.0 Å². The Balaban J connectivity index is 2.04. The highest BCUT2D eigenvalue weighted by atomic mass is 16.3. The van der Waals surface area contributed by atoms with Crippen molar-refractivity contribution in [2.75, 3.05) is 6.54 Å². The summed E-state index contributed by atoms with van der Waals surface area (Å²) in [4.78, 5) is 2.55. The molecule has 1 heterocycles. The van der Waals surface area contributed by atoms with Gasteiger partial charge in [-0.25, -0.2) is 0 Å². The van der Waals surface area contributed by atoms with E-state index in [2.05, 4.69) is 25.7 Å². The summed E-state index contributed by atoms with van der Waals surface area (Å²) < 4.78 is 0. The molecule has 0 bridgehead atoms. The Bertz CT molecular complexity index is 206. The van der Waals surface area contributed by atoms with E-state index in [0.717, 1.165) is 18.3 Å². The van der Waals surface area contributed by atoms with Gasteiger partial charge in [0.25, 0.3) is 0 Å². The Morgan fingerprint density at radius 1 is 1.14 bits per heavy atom. The van der Waals surface area contributed by atoms with E-state index >= 15 is 0 Å². The number of nitrogens with zero attached hydrogens (tertiary/aromatic N) is 1. The molecule has 2 nitrogen and oxygen atoms in total. The van der Waals surface area contributed by atoms with Crippen molar-refractivity contribution in [3.8, 4) is 0 Å². The molecule has 1 N–H and O–H groups in total. The molecule has 0 aromatic rings. The van der Waals surface area contributed by atoms with Crippen LogP contribution in [0.1, 0.15) is 40.0 Å². The third kappa shape index (κ3) is 1.59. The van der Waals surface area contributed by atoms with Crippen LogP contribution in [0.25, 0.3) is 0 Å². The Kier molecular flexibility index (Phi) is 2.85. The van der Waals surface area contributed by atoms with Crippen molar-refractivity contribution in [2.45, 2.75) is 58.2 Å². The highest BCUT2D eigenvalue weighted by Gasteiger charge is 2.41. The fraction of sp³-hybridized carbons (Fsp3) is 1.00. The van der Waals surface area contributed by atoms with Crippen LogP contribution >= 0.6 is 0 Å². The lowest BCUT2D eigenvalue weighted by molar-refractivity contribution is 0.0620. The van der Waals surface area contributed by atoms with Crippen molar-refractivity contribution in [2.24, 2.45) is 11.8 Å². The second-order valence-electron chi connectivity index (χ2n) is 5.34. The minimum absolute atomic E-state index is 0.0602. The summed E-state index contributed by atoms with van der Waals surface area (Å²) in [5, 5.41) is 9.90. The van der Waals surface area contributed by atoms with Gasteiger partial charge in [-0.1, -0.05) is 13.8 Å². The van der Waals surface area contributed by atoms with E-state index < -0.39 is 0 Å². The van der Waals surface area contributed by atoms with Gasteiger partial charge in [-0.3, -0.25) is 4.90 Å². The van der Waals surface area contributed by atoms with Crippen molar-refractivity contribution in [3.05, 3.63) is 0 Å². The van der Waals surface area contributed by atoms with E-state index in [1.165, 1.54) is 19.4 Å². The second-order valence-corrected chi connectivity index (χ2v) is 5.34. The molecule has 1 aliphatic carbocycles. The zero-order valence-electron chi connectivity index (χ0n) is 9.61. The summed E-state index contributed by atoms with van der Waals surface area (Å²) in [7, 11) is 0. The number of likely N-dealkylation sites (tertiary alicyclic amines) is 1. The van der Waals surface area contributed by atoms with Gasteiger partial charge in [0.15, 0.2) is 0 Å². The summed E-state index contributed by atoms with van der Waals surface area (Å²) in [6, 6.07) is 1.11. The molecular weight excluding hydrogens is 174 g/mol. The largest absolute Gasteiger partial charge is 0.391 e. The van der Waals surface area contributed by atoms with Gasteiger partial charge < -0.3 is 5.11 Å². The maximum absolute atomic E-state index is 9.90. The van der Waals surface area contributed by atoms with Crippen LogP contribution in [0.15, 0.2) is 0 Å². The van der Waals surface area contributed by atoms with Crippen LogP contribution in [0, 0.1) is 11.8 Å². The van der Waals surface area contributed by atoms with Gasteiger partial charge in [-0.2, -0.15) is 0 Å². The van der Waals surface area contributed by atoms with Crippen LogP contribution in [0.5, 0.6) is 0 Å². The number of hydrogen-bond acceptors (Lipinski definition) is 2. The molecule has 3 unspecified atom stereocenters. The molecule has 1 saturated heterocycles. The molecular formula is C12H23NO. The zero-order valence-corrected chi connectivity index (χ0v) is 9.61. The Hall–Kier alpha value is -0.0800. The standard InChI is InChI=1S/C12H23NO/c1-8-7-13(10(3)9(8)2)11-5-4-6-12(11)14/h8-12,14H,4-7H2,1-3H3/t8?,9?,10?,11-,12-/m1/s1. The number of hydrogen-bond donors (Lipinski definition) is 1. The molecule has 2 fully saturated rings. The summed E-state index contributed by atoms with van der Waals surface area (Å²) >= 11 is 0. The lowest BCUT2D eigenvalue weighted by atomic mass is 9.95. The fourth-order valence-corrected chi connectivity index (χ4v) is 3.19. The molecule has 2 aliphatic rings. The molecule has 1 aliphatic heterocycles. The van der Waals surface area contributed by atoms with Crippen LogP contribution in [0.2, 0.25) is 0 Å². The SMILES string of the molecule is CC1CN([C@@H]2CCC[C@H]2O)C(C)C1C. The number of aliphatic hydroxyl groups is 1. The molecule has 0 aromatic carbocycles. The Labute approximate surface area is 87.3 Å². The van der Waals surface area contributed by atoms with Gasteiger partial charge >= 0.3 is 0 Å². The van der Waals surface area contributed by atoms with E-state index in [4.69, 9.17) is 0 Å². The minimum Gasteiger partial charge on any atom is -0.391 e. The molecule has 0 aromatic heterocycles. The molecule has 0 spiro atoms. The molecule has 2 heteroatoms. The first kappa shape index (κ1) is 10.4. The van der Waals surface area contributed by atoms with Gasteiger partial charge in [0.2, 0.25) is 0 Å². The maximum Gasteiger partial charge on any atom is 0.0695 e. The lowest BCUT2D eigenvalue weighted by Crippen LogP contribution is -2.43. The van der Waals surface area contributed by atoms with Gasteiger partial charge in [0.05, 0.1) is 6.10 Å². The molecule has 0 amide bonds. The highest BCUT2D eigenvalue weighted by Crippen LogP contribution is 2.35. The predicted octanol–water partition coefficient (Wildman–Crippen LogP) is 1.88. The summed E-state index contributed by atoms with van der Waals surface area (Å²) in [6.45, 7) is 8.18. The van der Waals surface area contributed by atoms with Crippen LogP contribution < -0.4 is 0 Å². The lowest BCUT2D eigenvalue weighted by Gasteiger charge is -2.31. The van der Waals surface area contributed by atoms with Crippen molar-refractivity contribution >= 4 is 0 Å². The van der Waals surface area contributed by atoms with Crippen LogP contribution in [-0.4, -0.2) is 34.7 Å². The first-order chi connectivity index (χ1) is 6.61. The Morgan fingerprint density at radius 3 is 2.29 bits per heavy atom. The number of aliphatic hydroxyl groups excluding tert-OH is 1. The molecule has 0 radical (unpaired) electrons. The molecule has 1 saturated carbocycles. The molecule has 14 heavy (non-hydrogen) atoms. The average Bonchev–Trinajstić information content (AvgIpc) is 2.66. The smallest absolute Gasteiger partial charge is 0.0695 e. The third-order valence-corrected chi connectivity index (χ3v) is 4.55. The first-order valence-electron chi connectivity index (χ1n) is 6.05. The van der Waals surface area contributed by atoms with Crippen molar-refractivity contribution in [3.63, 3.8) is 0 Å². The van der Waals surface area contributed by atoms with Crippen LogP contribution in [0.4, 0.5) is 0 Å². The third-order valence-electron chi connectivity index (χ3n) is 4.55. The minimum atomic E-state index is -0.0602. The molecule has 2 rings (SSSR count). The average molecular weight is 197 g/mol. The Morgan fingerprint density at radius 2 is 1.86 bits per heavy atom. The van der Waals surface area contributed by atoms with E-state index in [1.54, 1.807) is 0 Å². The highest BCUT2D eigenvalue weighted by molar-refractivity contribution is 4.94. The fourth-order valence-electron chi connectivity index (χ4n) is 3.19. The summed E-state index contributed by atoms with van der Waals surface area (Å²) in [6.07, 6.45) is 3.36. The number of rotatable bonds is 1. The van der Waals surface area contributed by atoms with E-state index in [-0.39, 0.29) is 6.10 Å². The van der Waals surface area contributed by atoms with Gasteiger partial charge in [0, 0.05) is 18.6 Å². The van der Waals surface area contributed by atoms with Crippen molar-refractivity contribution in [1.82, 2.24) is 4.90 Å². The van der Waals surface area contributed by atoms with Crippen molar-refractivity contribution < 1.29 is 5.11 Å². The quantitative estimate of drug-likeness (QED) is 0.694. The van der Waals surface area contributed by atoms with Crippen molar-refractivity contribution in [1.29, 1.82) is 0 Å². The van der Waals surface area contributed by atoms with E-state index in [0.29, 0.717) is 12.1 Å². The second kappa shape index (κ2) is 3.82. The monoisotopic (exact) mass is 197 g/mol. The first-order valence-corrected chi connectivity index (χ1v) is 6.05. The molecule has 5 atom stereocenters. The predicted molar refractivity (Wildman–Crippen MR) is 58.1 cm³/mol. The normalized spacial score (nSPS) is 50.1. The zero-order chi connectivity index (χ0) is 10.3. The summed E-state index contributed by atoms with van der Waals surface area (Å²) in [5.41, 5.74) is 0. The summed E-state index contributed by atoms with van der Waals surface area (Å²) in [5.74, 6) is 1.57.